The zero-order chi connectivity index (χ0) is 13.2. The first kappa shape index (κ1) is 12.2. The van der Waals surface area contributed by atoms with Gasteiger partial charge in [-0.05, 0) is 31.4 Å². The van der Waals surface area contributed by atoms with Crippen LogP contribution in [0, 0.1) is 0 Å². The Bertz CT molecular complexity index is 588. The Morgan fingerprint density at radius 2 is 2.21 bits per heavy atom. The van der Waals surface area contributed by atoms with Gasteiger partial charge in [-0.1, -0.05) is 0 Å². The Hall–Kier alpha value is -1.88. The van der Waals surface area contributed by atoms with Crippen LogP contribution in [-0.2, 0) is 0 Å². The number of ether oxygens (including phenoxy) is 1. The van der Waals surface area contributed by atoms with Crippen molar-refractivity contribution in [1.82, 2.24) is 9.97 Å². The van der Waals surface area contributed by atoms with Crippen LogP contribution in [0.4, 0.5) is 5.82 Å². The maximum Gasteiger partial charge on any atom is 0.145 e. The van der Waals surface area contributed by atoms with Crippen LogP contribution < -0.4 is 10.1 Å². The van der Waals surface area contributed by atoms with Crippen LogP contribution in [0.1, 0.15) is 19.3 Å². The van der Waals surface area contributed by atoms with Gasteiger partial charge in [0, 0.05) is 6.07 Å². The molecule has 1 aliphatic carbocycles. The van der Waals surface area contributed by atoms with Crippen LogP contribution >= 0.6 is 0 Å². The van der Waals surface area contributed by atoms with Crippen molar-refractivity contribution in [3.8, 4) is 5.75 Å². The number of fused-ring (bicyclic) bond motifs is 1. The zero-order valence-electron chi connectivity index (χ0n) is 10.8. The number of nitrogens with zero attached hydrogens (tertiary/aromatic N) is 2. The van der Waals surface area contributed by atoms with Crippen molar-refractivity contribution >= 4 is 16.9 Å². The smallest absolute Gasteiger partial charge is 0.145 e. The lowest BCUT2D eigenvalue weighted by Gasteiger charge is -2.16. The van der Waals surface area contributed by atoms with E-state index in [0.29, 0.717) is 5.82 Å². The van der Waals surface area contributed by atoms with Gasteiger partial charge in [0.05, 0.1) is 36.5 Å². The summed E-state index contributed by atoms with van der Waals surface area (Å²) in [6, 6.07) is 5.70. The highest BCUT2D eigenvalue weighted by Gasteiger charge is 2.25. The van der Waals surface area contributed by atoms with Crippen LogP contribution in [0.2, 0.25) is 0 Å². The van der Waals surface area contributed by atoms with Crippen LogP contribution in [0.25, 0.3) is 11.0 Å². The normalized spacial score (nSPS) is 22.6. The number of benzene rings is 1. The lowest BCUT2D eigenvalue weighted by Crippen LogP contribution is -2.28. The Morgan fingerprint density at radius 1 is 1.32 bits per heavy atom. The van der Waals surface area contributed by atoms with Crippen molar-refractivity contribution in [2.75, 3.05) is 12.4 Å². The molecule has 0 unspecified atom stereocenters. The highest BCUT2D eigenvalue weighted by atomic mass is 16.5. The van der Waals surface area contributed by atoms with E-state index in [0.717, 1.165) is 36.0 Å². The molecule has 3 rings (SSSR count). The molecule has 0 bridgehead atoms. The minimum absolute atomic E-state index is 0.0880. The second-order valence-corrected chi connectivity index (χ2v) is 4.86. The first-order valence-corrected chi connectivity index (χ1v) is 6.51. The van der Waals surface area contributed by atoms with Gasteiger partial charge < -0.3 is 15.2 Å². The van der Waals surface area contributed by atoms with Crippen molar-refractivity contribution in [1.29, 1.82) is 0 Å². The fourth-order valence-electron chi connectivity index (χ4n) is 2.49. The zero-order valence-corrected chi connectivity index (χ0v) is 10.8. The predicted octanol–water partition coefficient (Wildman–Crippen LogP) is 1.96. The average molecular weight is 259 g/mol. The van der Waals surface area contributed by atoms with Crippen LogP contribution in [-0.4, -0.2) is 34.3 Å². The largest absolute Gasteiger partial charge is 0.497 e. The number of rotatable bonds is 3. The molecule has 0 saturated heterocycles. The van der Waals surface area contributed by atoms with E-state index in [4.69, 9.17) is 4.74 Å². The minimum atomic E-state index is -0.284. The minimum Gasteiger partial charge on any atom is -0.497 e. The summed E-state index contributed by atoms with van der Waals surface area (Å²) >= 11 is 0. The predicted molar refractivity (Wildman–Crippen MR) is 73.4 cm³/mol. The first-order valence-electron chi connectivity index (χ1n) is 6.51. The van der Waals surface area contributed by atoms with Gasteiger partial charge in [0.15, 0.2) is 0 Å². The van der Waals surface area contributed by atoms with E-state index in [1.807, 2.05) is 18.2 Å². The number of aliphatic hydroxyl groups excluding tert-OH is 1. The maximum absolute atomic E-state index is 9.80. The molecule has 1 saturated carbocycles. The number of hydrogen-bond donors (Lipinski definition) is 2. The van der Waals surface area contributed by atoms with Crippen molar-refractivity contribution in [3.63, 3.8) is 0 Å². The SMILES string of the molecule is COc1ccc2nc(N[C@@H]3CCC[C@@H]3O)cnc2c1. The molecule has 1 heterocycles. The van der Waals surface area contributed by atoms with E-state index in [-0.39, 0.29) is 12.1 Å². The summed E-state index contributed by atoms with van der Waals surface area (Å²) in [5, 5.41) is 13.1. The molecule has 0 amide bonds. The number of aromatic nitrogens is 2. The second kappa shape index (κ2) is 5.01. The molecule has 2 atom stereocenters. The van der Waals surface area contributed by atoms with E-state index >= 15 is 0 Å². The van der Waals surface area contributed by atoms with Gasteiger partial charge in [0.2, 0.25) is 0 Å². The number of nitrogens with one attached hydrogen (secondary N) is 1. The third kappa shape index (κ3) is 2.46. The van der Waals surface area contributed by atoms with Gasteiger partial charge in [0.1, 0.15) is 11.6 Å². The van der Waals surface area contributed by atoms with Crippen molar-refractivity contribution in [3.05, 3.63) is 24.4 Å². The van der Waals surface area contributed by atoms with E-state index < -0.39 is 0 Å². The highest BCUT2D eigenvalue weighted by molar-refractivity contribution is 5.77. The molecular formula is C14H17N3O2. The molecule has 5 heteroatoms. The Morgan fingerprint density at radius 3 is 2.95 bits per heavy atom. The number of aliphatic hydroxyl groups is 1. The fourth-order valence-corrected chi connectivity index (χ4v) is 2.49. The Kier molecular flexibility index (Phi) is 3.21. The molecule has 5 nitrogen and oxygen atoms in total. The molecule has 1 aromatic carbocycles. The highest BCUT2D eigenvalue weighted by Crippen LogP contribution is 2.23. The van der Waals surface area contributed by atoms with Crippen molar-refractivity contribution < 1.29 is 9.84 Å². The fraction of sp³-hybridized carbons (Fsp3) is 0.429. The summed E-state index contributed by atoms with van der Waals surface area (Å²) in [5.41, 5.74) is 1.62. The summed E-state index contributed by atoms with van der Waals surface area (Å²) in [4.78, 5) is 8.88. The molecule has 0 aliphatic heterocycles. The lowest BCUT2D eigenvalue weighted by atomic mass is 10.2. The van der Waals surface area contributed by atoms with Gasteiger partial charge in [-0.25, -0.2) is 4.98 Å². The molecule has 2 aromatic rings. The van der Waals surface area contributed by atoms with Crippen molar-refractivity contribution in [2.45, 2.75) is 31.4 Å². The Labute approximate surface area is 111 Å². The summed E-state index contributed by atoms with van der Waals surface area (Å²) in [6.07, 6.45) is 4.30. The van der Waals surface area contributed by atoms with Crippen LogP contribution in [0.15, 0.2) is 24.4 Å². The molecule has 1 aliphatic rings. The summed E-state index contributed by atoms with van der Waals surface area (Å²) < 4.78 is 5.16. The van der Waals surface area contributed by atoms with E-state index in [2.05, 4.69) is 15.3 Å². The summed E-state index contributed by atoms with van der Waals surface area (Å²) in [7, 11) is 1.63. The van der Waals surface area contributed by atoms with E-state index in [9.17, 15) is 5.11 Å². The average Bonchev–Trinajstić information content (AvgIpc) is 2.84. The molecule has 2 N–H and O–H groups in total. The topological polar surface area (TPSA) is 67.3 Å². The van der Waals surface area contributed by atoms with Gasteiger partial charge in [0.25, 0.3) is 0 Å². The molecule has 19 heavy (non-hydrogen) atoms. The van der Waals surface area contributed by atoms with Gasteiger partial charge in [-0.3, -0.25) is 4.98 Å². The number of hydrogen-bond acceptors (Lipinski definition) is 5. The quantitative estimate of drug-likeness (QED) is 0.882. The third-order valence-electron chi connectivity index (χ3n) is 3.56. The number of methoxy groups -OCH3 is 1. The van der Waals surface area contributed by atoms with Crippen LogP contribution in [0.3, 0.4) is 0 Å². The number of anilines is 1. The molecule has 1 fully saturated rings. The monoisotopic (exact) mass is 259 g/mol. The molecular weight excluding hydrogens is 242 g/mol. The van der Waals surface area contributed by atoms with Gasteiger partial charge in [-0.15, -0.1) is 0 Å². The van der Waals surface area contributed by atoms with Gasteiger partial charge >= 0.3 is 0 Å². The second-order valence-electron chi connectivity index (χ2n) is 4.86. The molecule has 0 radical (unpaired) electrons. The molecule has 1 aromatic heterocycles. The lowest BCUT2D eigenvalue weighted by molar-refractivity contribution is 0.171. The van der Waals surface area contributed by atoms with E-state index in [1.165, 1.54) is 0 Å². The molecule has 0 spiro atoms. The van der Waals surface area contributed by atoms with Crippen molar-refractivity contribution in [2.24, 2.45) is 0 Å². The first-order chi connectivity index (χ1) is 9.26. The van der Waals surface area contributed by atoms with Crippen LogP contribution in [0.5, 0.6) is 5.75 Å². The van der Waals surface area contributed by atoms with Gasteiger partial charge in [-0.2, -0.15) is 0 Å². The standard InChI is InChI=1S/C14H17N3O2/c1-19-9-5-6-10-12(7-9)15-8-14(16-10)17-11-3-2-4-13(11)18/h5-8,11,13,18H,2-4H2,1H3,(H,16,17)/t11-,13+/m1/s1. The summed E-state index contributed by atoms with van der Waals surface area (Å²) in [5.74, 6) is 1.48. The molecule has 100 valence electrons. The maximum atomic E-state index is 9.80. The van der Waals surface area contributed by atoms with E-state index in [1.54, 1.807) is 13.3 Å². The third-order valence-corrected chi connectivity index (χ3v) is 3.56. The Balaban J connectivity index is 1.85. The summed E-state index contributed by atoms with van der Waals surface area (Å²) in [6.45, 7) is 0.